The van der Waals surface area contributed by atoms with Crippen LogP contribution in [0.2, 0.25) is 0 Å². The minimum atomic E-state index is -0.430. The lowest BCUT2D eigenvalue weighted by Gasteiger charge is -2.34. The van der Waals surface area contributed by atoms with Crippen molar-refractivity contribution in [2.75, 3.05) is 46.4 Å². The lowest BCUT2D eigenvalue weighted by atomic mass is 10.2. The van der Waals surface area contributed by atoms with Crippen LogP contribution >= 0.6 is 0 Å². The van der Waals surface area contributed by atoms with Crippen molar-refractivity contribution >= 4 is 11.9 Å². The fourth-order valence-electron chi connectivity index (χ4n) is 2.45. The van der Waals surface area contributed by atoms with Crippen LogP contribution in [0.25, 0.3) is 0 Å². The van der Waals surface area contributed by atoms with Gasteiger partial charge < -0.3 is 10.1 Å². The van der Waals surface area contributed by atoms with Gasteiger partial charge in [0.05, 0.1) is 13.7 Å². The van der Waals surface area contributed by atoms with E-state index in [0.29, 0.717) is 6.54 Å². The second-order valence-corrected chi connectivity index (χ2v) is 5.39. The summed E-state index contributed by atoms with van der Waals surface area (Å²) in [5.41, 5.74) is 1.31. The first kappa shape index (κ1) is 16.5. The van der Waals surface area contributed by atoms with Crippen LogP contribution in [0.3, 0.4) is 0 Å². The van der Waals surface area contributed by atoms with Gasteiger partial charge in [-0.1, -0.05) is 30.3 Å². The van der Waals surface area contributed by atoms with E-state index in [1.165, 1.54) is 12.7 Å². The van der Waals surface area contributed by atoms with Gasteiger partial charge >= 0.3 is 5.97 Å². The lowest BCUT2D eigenvalue weighted by Crippen LogP contribution is -2.49. The number of esters is 1. The summed E-state index contributed by atoms with van der Waals surface area (Å²) in [6, 6.07) is 10.4. The summed E-state index contributed by atoms with van der Waals surface area (Å²) in [7, 11) is 1.31. The number of hydrogen-bond acceptors (Lipinski definition) is 5. The number of hydrogen-bond donors (Lipinski definition) is 1. The van der Waals surface area contributed by atoms with E-state index in [4.69, 9.17) is 0 Å². The summed E-state index contributed by atoms with van der Waals surface area (Å²) < 4.78 is 4.49. The van der Waals surface area contributed by atoms with Gasteiger partial charge in [0.1, 0.15) is 6.54 Å². The van der Waals surface area contributed by atoms with E-state index in [1.807, 2.05) is 6.07 Å². The number of carbonyl (C=O) groups excluding carboxylic acids is 2. The molecule has 6 heteroatoms. The van der Waals surface area contributed by atoms with E-state index >= 15 is 0 Å². The normalized spacial score (nSPS) is 16.2. The smallest absolute Gasteiger partial charge is 0.325 e. The lowest BCUT2D eigenvalue weighted by molar-refractivity contribution is -0.141. The van der Waals surface area contributed by atoms with Crippen molar-refractivity contribution in [3.05, 3.63) is 35.9 Å². The Morgan fingerprint density at radius 2 is 1.73 bits per heavy atom. The Labute approximate surface area is 131 Å². The van der Waals surface area contributed by atoms with E-state index in [2.05, 4.69) is 44.1 Å². The molecule has 1 aromatic carbocycles. The summed E-state index contributed by atoms with van der Waals surface area (Å²) >= 11 is 0. The molecule has 1 heterocycles. The molecule has 0 radical (unpaired) electrons. The first-order chi connectivity index (χ1) is 10.7. The van der Waals surface area contributed by atoms with Crippen molar-refractivity contribution in [1.82, 2.24) is 15.1 Å². The zero-order chi connectivity index (χ0) is 15.8. The Morgan fingerprint density at radius 1 is 1.09 bits per heavy atom. The molecule has 2 rings (SSSR count). The van der Waals surface area contributed by atoms with Crippen molar-refractivity contribution < 1.29 is 14.3 Å². The number of nitrogens with one attached hydrogen (secondary N) is 1. The number of rotatable bonds is 6. The second-order valence-electron chi connectivity index (χ2n) is 5.39. The molecule has 0 aliphatic carbocycles. The van der Waals surface area contributed by atoms with Gasteiger partial charge in [0.25, 0.3) is 0 Å². The van der Waals surface area contributed by atoms with Gasteiger partial charge in [-0.2, -0.15) is 0 Å². The molecular formula is C16H23N3O3. The Balaban J connectivity index is 1.66. The molecule has 120 valence electrons. The van der Waals surface area contributed by atoms with Crippen LogP contribution in [-0.4, -0.2) is 68.1 Å². The van der Waals surface area contributed by atoms with E-state index in [0.717, 1.165) is 32.7 Å². The SMILES string of the molecule is COC(=O)CNC(=O)CN1CCN(Cc2ccccc2)CC1. The zero-order valence-electron chi connectivity index (χ0n) is 13.0. The minimum absolute atomic E-state index is 0.0662. The number of piperazine rings is 1. The predicted octanol–water partition coefficient (Wildman–Crippen LogP) is 0.0934. The Kier molecular flexibility index (Phi) is 6.36. The summed E-state index contributed by atoms with van der Waals surface area (Å²) in [5.74, 6) is -0.567. The Hall–Kier alpha value is -1.92. The van der Waals surface area contributed by atoms with Crippen molar-refractivity contribution in [2.45, 2.75) is 6.54 Å². The highest BCUT2D eigenvalue weighted by atomic mass is 16.5. The van der Waals surface area contributed by atoms with Gasteiger partial charge in [0.15, 0.2) is 0 Å². The Bertz CT molecular complexity index is 485. The number of nitrogens with zero attached hydrogens (tertiary/aromatic N) is 2. The van der Waals surface area contributed by atoms with E-state index in [9.17, 15) is 9.59 Å². The molecule has 22 heavy (non-hydrogen) atoms. The van der Waals surface area contributed by atoms with Gasteiger partial charge in [-0.05, 0) is 5.56 Å². The van der Waals surface area contributed by atoms with Crippen LogP contribution in [-0.2, 0) is 20.9 Å². The molecule has 1 aromatic rings. The number of carbonyl (C=O) groups is 2. The third-order valence-corrected chi connectivity index (χ3v) is 3.74. The summed E-state index contributed by atoms with van der Waals surface area (Å²) in [6.45, 7) is 4.82. The molecule has 0 saturated carbocycles. The van der Waals surface area contributed by atoms with Gasteiger partial charge in [0, 0.05) is 32.7 Å². The van der Waals surface area contributed by atoms with Crippen LogP contribution in [0.4, 0.5) is 0 Å². The van der Waals surface area contributed by atoms with Crippen LogP contribution in [0, 0.1) is 0 Å². The second kappa shape index (κ2) is 8.51. The van der Waals surface area contributed by atoms with Crippen LogP contribution < -0.4 is 5.32 Å². The maximum absolute atomic E-state index is 11.7. The van der Waals surface area contributed by atoms with Crippen LogP contribution in [0.5, 0.6) is 0 Å². The number of amides is 1. The predicted molar refractivity (Wildman–Crippen MR) is 83.2 cm³/mol. The summed E-state index contributed by atoms with van der Waals surface area (Å²) in [6.07, 6.45) is 0. The number of ether oxygens (including phenoxy) is 1. The first-order valence-corrected chi connectivity index (χ1v) is 7.49. The first-order valence-electron chi connectivity index (χ1n) is 7.49. The molecule has 0 spiro atoms. The van der Waals surface area contributed by atoms with E-state index < -0.39 is 5.97 Å². The molecule has 1 saturated heterocycles. The molecule has 0 atom stereocenters. The number of methoxy groups -OCH3 is 1. The highest BCUT2D eigenvalue weighted by Gasteiger charge is 2.19. The maximum Gasteiger partial charge on any atom is 0.325 e. The Morgan fingerprint density at radius 3 is 2.36 bits per heavy atom. The van der Waals surface area contributed by atoms with Crippen molar-refractivity contribution in [1.29, 1.82) is 0 Å². The average molecular weight is 305 g/mol. The van der Waals surface area contributed by atoms with Gasteiger partial charge in [-0.3, -0.25) is 19.4 Å². The summed E-state index contributed by atoms with van der Waals surface area (Å²) in [4.78, 5) is 27.2. The molecule has 0 bridgehead atoms. The van der Waals surface area contributed by atoms with Gasteiger partial charge in [-0.25, -0.2) is 0 Å². The van der Waals surface area contributed by atoms with Gasteiger partial charge in [0.2, 0.25) is 5.91 Å². The highest BCUT2D eigenvalue weighted by molar-refractivity contribution is 5.83. The third-order valence-electron chi connectivity index (χ3n) is 3.74. The molecular weight excluding hydrogens is 282 g/mol. The third kappa shape index (κ3) is 5.46. The fraction of sp³-hybridized carbons (Fsp3) is 0.500. The largest absolute Gasteiger partial charge is 0.468 e. The topological polar surface area (TPSA) is 61.9 Å². The van der Waals surface area contributed by atoms with Crippen LogP contribution in [0.1, 0.15) is 5.56 Å². The zero-order valence-corrected chi connectivity index (χ0v) is 13.0. The molecule has 6 nitrogen and oxygen atoms in total. The molecule has 1 fully saturated rings. The fourth-order valence-corrected chi connectivity index (χ4v) is 2.45. The van der Waals surface area contributed by atoms with E-state index in [-0.39, 0.29) is 12.5 Å². The van der Waals surface area contributed by atoms with Gasteiger partial charge in [-0.15, -0.1) is 0 Å². The molecule has 1 amide bonds. The minimum Gasteiger partial charge on any atom is -0.468 e. The van der Waals surface area contributed by atoms with Crippen LogP contribution in [0.15, 0.2) is 30.3 Å². The van der Waals surface area contributed by atoms with Crippen molar-refractivity contribution in [2.24, 2.45) is 0 Å². The molecule has 0 aromatic heterocycles. The average Bonchev–Trinajstić information content (AvgIpc) is 2.55. The maximum atomic E-state index is 11.7. The van der Waals surface area contributed by atoms with Crippen molar-refractivity contribution in [3.8, 4) is 0 Å². The molecule has 0 unspecified atom stereocenters. The van der Waals surface area contributed by atoms with E-state index in [1.54, 1.807) is 0 Å². The van der Waals surface area contributed by atoms with Crippen molar-refractivity contribution in [3.63, 3.8) is 0 Å². The monoisotopic (exact) mass is 305 g/mol. The standard InChI is InChI=1S/C16H23N3O3/c1-22-16(21)11-17-15(20)13-19-9-7-18(8-10-19)12-14-5-3-2-4-6-14/h2-6H,7-13H2,1H3,(H,17,20). The quantitative estimate of drug-likeness (QED) is 0.755. The summed E-state index contributed by atoms with van der Waals surface area (Å²) in [5, 5.41) is 2.56. The highest BCUT2D eigenvalue weighted by Crippen LogP contribution is 2.08. The number of benzene rings is 1. The molecule has 1 aliphatic heterocycles. The molecule has 1 aliphatic rings. The molecule has 1 N–H and O–H groups in total.